The summed E-state index contributed by atoms with van der Waals surface area (Å²) >= 11 is 3.30. The van der Waals surface area contributed by atoms with E-state index in [1.165, 1.54) is 7.11 Å². The number of hydrogen-bond acceptors (Lipinski definition) is 3. The number of carbonyl (C=O) groups excluding carboxylic acids is 1. The predicted octanol–water partition coefficient (Wildman–Crippen LogP) is 2.71. The van der Waals surface area contributed by atoms with Crippen LogP contribution in [0.15, 0.2) is 21.2 Å². The van der Waals surface area contributed by atoms with E-state index in [9.17, 15) is 4.79 Å². The van der Waals surface area contributed by atoms with Gasteiger partial charge in [-0.1, -0.05) is 6.92 Å². The van der Waals surface area contributed by atoms with Crippen LogP contribution in [-0.4, -0.2) is 13.1 Å². The van der Waals surface area contributed by atoms with Crippen molar-refractivity contribution in [3.8, 4) is 0 Å². The first-order chi connectivity index (χ1) is 6.20. The van der Waals surface area contributed by atoms with Gasteiger partial charge in [0, 0.05) is 0 Å². The molecule has 1 unspecified atom stereocenters. The molecule has 4 heteroatoms. The summed E-state index contributed by atoms with van der Waals surface area (Å²) in [7, 11) is 1.38. The minimum absolute atomic E-state index is 0.266. The van der Waals surface area contributed by atoms with Crippen molar-refractivity contribution in [1.29, 1.82) is 0 Å². The summed E-state index contributed by atoms with van der Waals surface area (Å²) in [6.45, 7) is 1.91. The van der Waals surface area contributed by atoms with Crippen LogP contribution in [0.1, 0.15) is 25.0 Å². The molecule has 0 saturated carbocycles. The van der Waals surface area contributed by atoms with Crippen molar-refractivity contribution in [2.24, 2.45) is 0 Å². The average Bonchev–Trinajstić information content (AvgIpc) is 2.53. The average molecular weight is 247 g/mol. The number of furan rings is 1. The summed E-state index contributed by atoms with van der Waals surface area (Å²) in [5, 5.41) is 0. The maximum absolute atomic E-state index is 11.3. The molecule has 72 valence electrons. The van der Waals surface area contributed by atoms with E-state index in [4.69, 9.17) is 4.42 Å². The molecule has 1 aromatic heterocycles. The fourth-order valence-electron chi connectivity index (χ4n) is 1.16. The maximum Gasteiger partial charge on any atom is 0.316 e. The van der Waals surface area contributed by atoms with Crippen molar-refractivity contribution < 1.29 is 13.9 Å². The minimum atomic E-state index is -0.311. The van der Waals surface area contributed by atoms with Gasteiger partial charge in [0.05, 0.1) is 17.8 Å². The molecule has 1 atom stereocenters. The first-order valence-electron chi connectivity index (χ1n) is 4.01. The molecule has 0 amide bonds. The highest BCUT2D eigenvalue weighted by atomic mass is 79.9. The fourth-order valence-corrected chi connectivity index (χ4v) is 1.63. The van der Waals surface area contributed by atoms with E-state index < -0.39 is 0 Å². The van der Waals surface area contributed by atoms with Crippen LogP contribution in [0.25, 0.3) is 0 Å². The van der Waals surface area contributed by atoms with Gasteiger partial charge in [0.15, 0.2) is 0 Å². The first kappa shape index (κ1) is 10.3. The fraction of sp³-hybridized carbons (Fsp3) is 0.444. The van der Waals surface area contributed by atoms with Crippen LogP contribution >= 0.6 is 15.9 Å². The van der Waals surface area contributed by atoms with Gasteiger partial charge < -0.3 is 9.15 Å². The maximum atomic E-state index is 11.3. The molecule has 0 aliphatic rings. The van der Waals surface area contributed by atoms with Crippen LogP contribution in [-0.2, 0) is 9.53 Å². The summed E-state index contributed by atoms with van der Waals surface area (Å²) < 4.78 is 10.7. The van der Waals surface area contributed by atoms with Crippen molar-refractivity contribution in [3.63, 3.8) is 0 Å². The Bertz CT molecular complexity index is 293. The van der Waals surface area contributed by atoms with E-state index in [0.29, 0.717) is 12.2 Å². The predicted molar refractivity (Wildman–Crippen MR) is 51.5 cm³/mol. The van der Waals surface area contributed by atoms with Gasteiger partial charge in [0.2, 0.25) is 0 Å². The van der Waals surface area contributed by atoms with Gasteiger partial charge in [-0.2, -0.15) is 0 Å². The summed E-state index contributed by atoms with van der Waals surface area (Å²) in [5.74, 6) is 0.0573. The highest BCUT2D eigenvalue weighted by molar-refractivity contribution is 9.10. The standard InChI is InChI=1S/C9H11BrO3/c1-3-6(9(11)12-2)8-7(10)4-5-13-8/h4-6H,3H2,1-2H3. The van der Waals surface area contributed by atoms with Gasteiger partial charge in [0.25, 0.3) is 0 Å². The molecular formula is C9H11BrO3. The second-order valence-electron chi connectivity index (χ2n) is 2.62. The third-order valence-corrected chi connectivity index (χ3v) is 2.51. The Morgan fingerprint density at radius 3 is 2.85 bits per heavy atom. The van der Waals surface area contributed by atoms with Crippen LogP contribution in [0.2, 0.25) is 0 Å². The molecule has 3 nitrogen and oxygen atoms in total. The van der Waals surface area contributed by atoms with Gasteiger partial charge in [-0.25, -0.2) is 0 Å². The molecular weight excluding hydrogens is 236 g/mol. The summed E-state index contributed by atoms with van der Waals surface area (Å²) in [6, 6.07) is 1.76. The van der Waals surface area contributed by atoms with Crippen LogP contribution in [0.5, 0.6) is 0 Å². The van der Waals surface area contributed by atoms with E-state index in [1.54, 1.807) is 12.3 Å². The molecule has 1 heterocycles. The second-order valence-corrected chi connectivity index (χ2v) is 3.47. The molecule has 0 aromatic carbocycles. The van der Waals surface area contributed by atoms with Gasteiger partial charge >= 0.3 is 5.97 Å². The molecule has 0 saturated heterocycles. The Hall–Kier alpha value is -0.770. The number of rotatable bonds is 3. The Kier molecular flexibility index (Phi) is 3.54. The zero-order chi connectivity index (χ0) is 9.84. The van der Waals surface area contributed by atoms with Crippen molar-refractivity contribution in [2.75, 3.05) is 7.11 Å². The van der Waals surface area contributed by atoms with Crippen LogP contribution in [0, 0.1) is 0 Å². The topological polar surface area (TPSA) is 39.4 Å². The Morgan fingerprint density at radius 2 is 2.46 bits per heavy atom. The minimum Gasteiger partial charge on any atom is -0.468 e. The quantitative estimate of drug-likeness (QED) is 0.771. The van der Waals surface area contributed by atoms with Crippen LogP contribution in [0.3, 0.4) is 0 Å². The lowest BCUT2D eigenvalue weighted by atomic mass is 10.0. The van der Waals surface area contributed by atoms with Crippen LogP contribution in [0.4, 0.5) is 0 Å². The monoisotopic (exact) mass is 246 g/mol. The Morgan fingerprint density at radius 1 is 1.77 bits per heavy atom. The number of ether oxygens (including phenoxy) is 1. The smallest absolute Gasteiger partial charge is 0.316 e. The third kappa shape index (κ3) is 2.12. The zero-order valence-electron chi connectivity index (χ0n) is 7.54. The van der Waals surface area contributed by atoms with E-state index in [2.05, 4.69) is 20.7 Å². The molecule has 0 N–H and O–H groups in total. The van der Waals surface area contributed by atoms with E-state index in [-0.39, 0.29) is 11.9 Å². The van der Waals surface area contributed by atoms with Gasteiger partial charge in [-0.15, -0.1) is 0 Å². The first-order valence-corrected chi connectivity index (χ1v) is 4.80. The Balaban J connectivity index is 2.90. The molecule has 0 radical (unpaired) electrons. The Labute approximate surface area is 85.2 Å². The lowest BCUT2D eigenvalue weighted by Gasteiger charge is -2.09. The SMILES string of the molecule is CCC(C(=O)OC)c1occc1Br. The van der Waals surface area contributed by atoms with Gasteiger partial charge in [-0.05, 0) is 28.4 Å². The normalized spacial score (nSPS) is 12.5. The highest BCUT2D eigenvalue weighted by Crippen LogP contribution is 2.29. The molecule has 0 aliphatic heterocycles. The lowest BCUT2D eigenvalue weighted by Crippen LogP contribution is -2.12. The van der Waals surface area contributed by atoms with Crippen molar-refractivity contribution in [1.82, 2.24) is 0 Å². The number of halogens is 1. The number of esters is 1. The van der Waals surface area contributed by atoms with E-state index >= 15 is 0 Å². The third-order valence-electron chi connectivity index (χ3n) is 1.86. The molecule has 1 aromatic rings. The van der Waals surface area contributed by atoms with Crippen molar-refractivity contribution >= 4 is 21.9 Å². The number of methoxy groups -OCH3 is 1. The van der Waals surface area contributed by atoms with E-state index in [0.717, 1.165) is 4.47 Å². The van der Waals surface area contributed by atoms with Gasteiger partial charge in [0.1, 0.15) is 11.7 Å². The summed E-state index contributed by atoms with van der Waals surface area (Å²) in [4.78, 5) is 11.3. The molecule has 13 heavy (non-hydrogen) atoms. The zero-order valence-corrected chi connectivity index (χ0v) is 9.13. The lowest BCUT2D eigenvalue weighted by molar-refractivity contribution is -0.142. The summed E-state index contributed by atoms with van der Waals surface area (Å²) in [5.41, 5.74) is 0. The van der Waals surface area contributed by atoms with E-state index in [1.807, 2.05) is 6.92 Å². The molecule has 0 bridgehead atoms. The number of carbonyl (C=O) groups is 1. The highest BCUT2D eigenvalue weighted by Gasteiger charge is 2.24. The largest absolute Gasteiger partial charge is 0.468 e. The molecule has 1 rings (SSSR count). The second kappa shape index (κ2) is 4.46. The molecule has 0 fully saturated rings. The summed E-state index contributed by atoms with van der Waals surface area (Å²) in [6.07, 6.45) is 2.21. The van der Waals surface area contributed by atoms with Gasteiger partial charge in [-0.3, -0.25) is 4.79 Å². The van der Waals surface area contributed by atoms with Crippen molar-refractivity contribution in [2.45, 2.75) is 19.3 Å². The van der Waals surface area contributed by atoms with Crippen molar-refractivity contribution in [3.05, 3.63) is 22.6 Å². The van der Waals surface area contributed by atoms with Crippen LogP contribution < -0.4 is 0 Å². The molecule has 0 aliphatic carbocycles. The number of hydrogen-bond donors (Lipinski definition) is 0. The molecule has 0 spiro atoms.